The zero-order valence-electron chi connectivity index (χ0n) is 19.6. The van der Waals surface area contributed by atoms with E-state index < -0.39 is 6.04 Å². The summed E-state index contributed by atoms with van der Waals surface area (Å²) in [4.78, 5) is 29.2. The topological polar surface area (TPSA) is 49.4 Å². The number of hydrogen-bond donors (Lipinski definition) is 1. The molecule has 0 bridgehead atoms. The lowest BCUT2D eigenvalue weighted by Crippen LogP contribution is -2.52. The van der Waals surface area contributed by atoms with Crippen LogP contribution < -0.4 is 5.32 Å². The lowest BCUT2D eigenvalue weighted by Gasteiger charge is -2.32. The molecule has 3 aromatic carbocycles. The predicted molar refractivity (Wildman–Crippen MR) is 144 cm³/mol. The van der Waals surface area contributed by atoms with E-state index in [2.05, 4.69) is 21.2 Å². The molecule has 1 aliphatic rings. The molecule has 1 atom stereocenters. The highest BCUT2D eigenvalue weighted by Gasteiger charge is 2.32. The molecule has 182 valence electrons. The van der Waals surface area contributed by atoms with Gasteiger partial charge in [0.2, 0.25) is 11.8 Å². The Morgan fingerprint density at radius 1 is 0.943 bits per heavy atom. The lowest BCUT2D eigenvalue weighted by molar-refractivity contribution is -0.141. The Bertz CT molecular complexity index is 1150. The SMILES string of the molecule is O=C(NC1CCCC1)C(Cc1ccccc1)N(Cc1cccc(Br)c1)C(=O)Cc1ccccc1Cl. The summed E-state index contributed by atoms with van der Waals surface area (Å²) >= 11 is 9.91. The summed E-state index contributed by atoms with van der Waals surface area (Å²) in [6.07, 6.45) is 4.81. The number of benzene rings is 3. The fourth-order valence-corrected chi connectivity index (χ4v) is 5.31. The minimum absolute atomic E-state index is 0.0942. The molecule has 4 nitrogen and oxygen atoms in total. The summed E-state index contributed by atoms with van der Waals surface area (Å²) < 4.78 is 0.934. The van der Waals surface area contributed by atoms with E-state index in [0.717, 1.165) is 46.8 Å². The second kappa shape index (κ2) is 12.4. The van der Waals surface area contributed by atoms with E-state index in [1.165, 1.54) is 0 Å². The van der Waals surface area contributed by atoms with Crippen molar-refractivity contribution in [3.8, 4) is 0 Å². The Balaban J connectivity index is 1.67. The summed E-state index contributed by atoms with van der Waals surface area (Å²) in [5.41, 5.74) is 2.73. The minimum atomic E-state index is -0.632. The molecule has 4 rings (SSSR count). The molecule has 0 radical (unpaired) electrons. The quantitative estimate of drug-likeness (QED) is 0.336. The second-order valence-electron chi connectivity index (χ2n) is 9.12. The highest BCUT2D eigenvalue weighted by molar-refractivity contribution is 9.10. The summed E-state index contributed by atoms with van der Waals surface area (Å²) in [5, 5.41) is 3.79. The van der Waals surface area contributed by atoms with Crippen molar-refractivity contribution in [2.75, 3.05) is 0 Å². The number of carbonyl (C=O) groups is 2. The van der Waals surface area contributed by atoms with Gasteiger partial charge in [0, 0.05) is 28.5 Å². The van der Waals surface area contributed by atoms with Crippen molar-refractivity contribution in [3.05, 3.63) is 105 Å². The molecule has 6 heteroatoms. The predicted octanol–water partition coefficient (Wildman–Crippen LogP) is 6.34. The summed E-state index contributed by atoms with van der Waals surface area (Å²) in [6.45, 7) is 0.332. The third-order valence-corrected chi connectivity index (χ3v) is 7.38. The Labute approximate surface area is 220 Å². The van der Waals surface area contributed by atoms with Crippen LogP contribution in [0, 0.1) is 0 Å². The zero-order valence-corrected chi connectivity index (χ0v) is 22.0. The van der Waals surface area contributed by atoms with E-state index in [1.54, 1.807) is 11.0 Å². The van der Waals surface area contributed by atoms with Gasteiger partial charge in [-0.05, 0) is 47.7 Å². The largest absolute Gasteiger partial charge is 0.352 e. The smallest absolute Gasteiger partial charge is 0.243 e. The maximum absolute atomic E-state index is 13.8. The van der Waals surface area contributed by atoms with Gasteiger partial charge in [0.1, 0.15) is 6.04 Å². The maximum atomic E-state index is 13.8. The van der Waals surface area contributed by atoms with Gasteiger partial charge in [0.05, 0.1) is 6.42 Å². The normalized spacial score (nSPS) is 14.5. The molecule has 1 unspecified atom stereocenters. The van der Waals surface area contributed by atoms with Crippen LogP contribution in [-0.4, -0.2) is 28.8 Å². The fraction of sp³-hybridized carbons (Fsp3) is 0.310. The standard InChI is InChI=1S/C29H30BrClN2O2/c30-24-13-8-11-22(17-24)20-33(28(34)19-23-12-4-7-16-26(23)31)27(18-21-9-2-1-3-10-21)29(35)32-25-14-5-6-15-25/h1-4,7-13,16-17,25,27H,5-6,14-15,18-20H2,(H,32,35). The Morgan fingerprint density at radius 2 is 1.63 bits per heavy atom. The van der Waals surface area contributed by atoms with E-state index in [9.17, 15) is 9.59 Å². The number of hydrogen-bond acceptors (Lipinski definition) is 2. The van der Waals surface area contributed by atoms with Crippen molar-refractivity contribution in [2.45, 2.75) is 57.2 Å². The van der Waals surface area contributed by atoms with Crippen LogP contribution in [0.25, 0.3) is 0 Å². The number of halogens is 2. The molecule has 1 aliphatic carbocycles. The van der Waals surface area contributed by atoms with Crippen LogP contribution in [0.3, 0.4) is 0 Å². The summed E-state index contributed by atoms with van der Waals surface area (Å²) in [6, 6.07) is 24.7. The van der Waals surface area contributed by atoms with Gasteiger partial charge < -0.3 is 10.2 Å². The molecule has 0 aliphatic heterocycles. The van der Waals surface area contributed by atoms with Crippen molar-refractivity contribution in [3.63, 3.8) is 0 Å². The van der Waals surface area contributed by atoms with Crippen LogP contribution in [0.4, 0.5) is 0 Å². The molecule has 2 amide bonds. The van der Waals surface area contributed by atoms with Crippen LogP contribution >= 0.6 is 27.5 Å². The number of nitrogens with zero attached hydrogens (tertiary/aromatic N) is 1. The highest BCUT2D eigenvalue weighted by Crippen LogP contribution is 2.23. The van der Waals surface area contributed by atoms with Crippen molar-refractivity contribution >= 4 is 39.3 Å². The fourth-order valence-electron chi connectivity index (χ4n) is 4.66. The van der Waals surface area contributed by atoms with Gasteiger partial charge in [-0.15, -0.1) is 0 Å². The van der Waals surface area contributed by atoms with Gasteiger partial charge >= 0.3 is 0 Å². The maximum Gasteiger partial charge on any atom is 0.243 e. The molecule has 3 aromatic rings. The second-order valence-corrected chi connectivity index (χ2v) is 10.4. The van der Waals surface area contributed by atoms with Crippen molar-refractivity contribution < 1.29 is 9.59 Å². The monoisotopic (exact) mass is 552 g/mol. The molecular formula is C29H30BrClN2O2. The van der Waals surface area contributed by atoms with Crippen molar-refractivity contribution in [1.29, 1.82) is 0 Å². The van der Waals surface area contributed by atoms with Gasteiger partial charge in [-0.3, -0.25) is 9.59 Å². The van der Waals surface area contributed by atoms with Crippen LogP contribution in [0.2, 0.25) is 5.02 Å². The zero-order chi connectivity index (χ0) is 24.6. The van der Waals surface area contributed by atoms with Gasteiger partial charge in [-0.25, -0.2) is 0 Å². The minimum Gasteiger partial charge on any atom is -0.352 e. The van der Waals surface area contributed by atoms with E-state index in [4.69, 9.17) is 11.6 Å². The molecule has 1 saturated carbocycles. The first-order valence-corrected chi connectivity index (χ1v) is 13.3. The number of rotatable bonds is 9. The molecule has 0 saturated heterocycles. The molecular weight excluding hydrogens is 524 g/mol. The Morgan fingerprint density at radius 3 is 2.34 bits per heavy atom. The molecule has 0 spiro atoms. The third-order valence-electron chi connectivity index (χ3n) is 6.51. The van der Waals surface area contributed by atoms with Crippen LogP contribution in [0.5, 0.6) is 0 Å². The number of carbonyl (C=O) groups excluding carboxylic acids is 2. The summed E-state index contributed by atoms with van der Waals surface area (Å²) in [7, 11) is 0. The van der Waals surface area contributed by atoms with Crippen LogP contribution in [0.15, 0.2) is 83.3 Å². The Kier molecular flexibility index (Phi) is 9.00. The molecule has 1 N–H and O–H groups in total. The Hall–Kier alpha value is -2.63. The molecule has 1 fully saturated rings. The molecule has 35 heavy (non-hydrogen) atoms. The van der Waals surface area contributed by atoms with Gasteiger partial charge in [0.25, 0.3) is 0 Å². The first-order chi connectivity index (χ1) is 17.0. The van der Waals surface area contributed by atoms with Gasteiger partial charge in [0.15, 0.2) is 0 Å². The van der Waals surface area contributed by atoms with E-state index >= 15 is 0 Å². The van der Waals surface area contributed by atoms with Gasteiger partial charge in [-0.2, -0.15) is 0 Å². The van der Waals surface area contributed by atoms with E-state index in [0.29, 0.717) is 18.0 Å². The van der Waals surface area contributed by atoms with Crippen LogP contribution in [0.1, 0.15) is 42.4 Å². The average molecular weight is 554 g/mol. The highest BCUT2D eigenvalue weighted by atomic mass is 79.9. The summed E-state index contributed by atoms with van der Waals surface area (Å²) in [5.74, 6) is -0.219. The van der Waals surface area contributed by atoms with Crippen LogP contribution in [-0.2, 0) is 29.0 Å². The molecule has 0 heterocycles. The van der Waals surface area contributed by atoms with E-state index in [1.807, 2.05) is 72.8 Å². The van der Waals surface area contributed by atoms with Gasteiger partial charge in [-0.1, -0.05) is 101 Å². The molecule has 0 aromatic heterocycles. The average Bonchev–Trinajstić information content (AvgIpc) is 3.36. The lowest BCUT2D eigenvalue weighted by atomic mass is 10.0. The first-order valence-electron chi connectivity index (χ1n) is 12.1. The number of amides is 2. The number of nitrogens with one attached hydrogen (secondary N) is 1. The first kappa shape index (κ1) is 25.5. The van der Waals surface area contributed by atoms with E-state index in [-0.39, 0.29) is 24.3 Å². The van der Waals surface area contributed by atoms with Crippen molar-refractivity contribution in [1.82, 2.24) is 10.2 Å². The van der Waals surface area contributed by atoms with Crippen molar-refractivity contribution in [2.24, 2.45) is 0 Å². The third kappa shape index (κ3) is 7.18.